The fourth-order valence-electron chi connectivity index (χ4n) is 2.62. The smallest absolute Gasteiger partial charge is 0.225 e. The molecule has 1 aliphatic heterocycles. The first kappa shape index (κ1) is 13.3. The summed E-state index contributed by atoms with van der Waals surface area (Å²) in [5.74, 6) is 1.71. The standard InChI is InChI=1S/C15H25N3/c1-12(2)7-8-14-6-4-5-9-18(14)15-16-10-13(3)11-17-15/h10-12,14H,4-9H2,1-3H3. The highest BCUT2D eigenvalue weighted by Gasteiger charge is 2.24. The highest BCUT2D eigenvalue weighted by atomic mass is 15.3. The lowest BCUT2D eigenvalue weighted by molar-refractivity contribution is 0.399. The molecule has 1 aliphatic rings. The van der Waals surface area contributed by atoms with Gasteiger partial charge in [0.15, 0.2) is 0 Å². The molecule has 1 unspecified atom stereocenters. The van der Waals surface area contributed by atoms with E-state index in [1.54, 1.807) is 0 Å². The van der Waals surface area contributed by atoms with Crippen LogP contribution in [-0.2, 0) is 0 Å². The number of nitrogens with zero attached hydrogens (tertiary/aromatic N) is 3. The Bertz CT molecular complexity index is 359. The maximum Gasteiger partial charge on any atom is 0.225 e. The molecule has 1 saturated heterocycles. The van der Waals surface area contributed by atoms with Crippen molar-refractivity contribution in [3.05, 3.63) is 18.0 Å². The molecule has 0 radical (unpaired) electrons. The van der Waals surface area contributed by atoms with Gasteiger partial charge in [0.25, 0.3) is 0 Å². The van der Waals surface area contributed by atoms with E-state index in [1.165, 1.54) is 32.1 Å². The number of hydrogen-bond acceptors (Lipinski definition) is 3. The van der Waals surface area contributed by atoms with Crippen LogP contribution < -0.4 is 4.90 Å². The molecular formula is C15H25N3. The van der Waals surface area contributed by atoms with E-state index >= 15 is 0 Å². The molecule has 1 atom stereocenters. The van der Waals surface area contributed by atoms with Gasteiger partial charge in [0, 0.05) is 25.0 Å². The minimum atomic E-state index is 0.642. The summed E-state index contributed by atoms with van der Waals surface area (Å²) in [6.07, 6.45) is 10.3. The molecule has 1 fully saturated rings. The molecule has 18 heavy (non-hydrogen) atoms. The van der Waals surface area contributed by atoms with Crippen LogP contribution in [0.3, 0.4) is 0 Å². The van der Waals surface area contributed by atoms with Crippen molar-refractivity contribution < 1.29 is 0 Å². The van der Waals surface area contributed by atoms with Gasteiger partial charge in [-0.25, -0.2) is 9.97 Å². The average molecular weight is 247 g/mol. The van der Waals surface area contributed by atoms with E-state index < -0.39 is 0 Å². The topological polar surface area (TPSA) is 29.0 Å². The lowest BCUT2D eigenvalue weighted by atomic mass is 9.95. The van der Waals surface area contributed by atoms with E-state index in [9.17, 15) is 0 Å². The third-order valence-electron chi connectivity index (χ3n) is 3.73. The Morgan fingerprint density at radius 1 is 1.28 bits per heavy atom. The highest BCUT2D eigenvalue weighted by molar-refractivity contribution is 5.32. The van der Waals surface area contributed by atoms with Crippen molar-refractivity contribution in [3.63, 3.8) is 0 Å². The van der Waals surface area contributed by atoms with Crippen LogP contribution in [0.4, 0.5) is 5.95 Å². The van der Waals surface area contributed by atoms with E-state index in [1.807, 2.05) is 19.3 Å². The molecule has 0 aliphatic carbocycles. The first-order valence-electron chi connectivity index (χ1n) is 7.22. The Balaban J connectivity index is 2.05. The zero-order chi connectivity index (χ0) is 13.0. The number of aromatic nitrogens is 2. The van der Waals surface area contributed by atoms with Gasteiger partial charge in [0.2, 0.25) is 5.95 Å². The Morgan fingerprint density at radius 3 is 2.67 bits per heavy atom. The highest BCUT2D eigenvalue weighted by Crippen LogP contribution is 2.25. The van der Waals surface area contributed by atoms with Crippen molar-refractivity contribution in [3.8, 4) is 0 Å². The maximum atomic E-state index is 4.49. The first-order chi connectivity index (χ1) is 8.66. The molecular weight excluding hydrogens is 222 g/mol. The van der Waals surface area contributed by atoms with Gasteiger partial charge < -0.3 is 4.90 Å². The summed E-state index contributed by atoms with van der Waals surface area (Å²) in [7, 11) is 0. The SMILES string of the molecule is Cc1cnc(N2CCCCC2CCC(C)C)nc1. The fraction of sp³-hybridized carbons (Fsp3) is 0.733. The Morgan fingerprint density at radius 2 is 2.00 bits per heavy atom. The van der Waals surface area contributed by atoms with Crippen molar-refractivity contribution in [2.75, 3.05) is 11.4 Å². The molecule has 2 heterocycles. The van der Waals surface area contributed by atoms with E-state index in [0.29, 0.717) is 6.04 Å². The summed E-state index contributed by atoms with van der Waals surface area (Å²) in [6.45, 7) is 7.76. The summed E-state index contributed by atoms with van der Waals surface area (Å²) in [5.41, 5.74) is 1.13. The van der Waals surface area contributed by atoms with Gasteiger partial charge in [-0.15, -0.1) is 0 Å². The Kier molecular flexibility index (Phi) is 4.56. The van der Waals surface area contributed by atoms with Crippen molar-refractivity contribution in [2.24, 2.45) is 5.92 Å². The largest absolute Gasteiger partial charge is 0.338 e. The quantitative estimate of drug-likeness (QED) is 0.814. The van der Waals surface area contributed by atoms with Crippen LogP contribution in [0.1, 0.15) is 51.5 Å². The maximum absolute atomic E-state index is 4.49. The normalized spacial score (nSPS) is 20.4. The van der Waals surface area contributed by atoms with Crippen molar-refractivity contribution >= 4 is 5.95 Å². The van der Waals surface area contributed by atoms with Crippen LogP contribution in [0.5, 0.6) is 0 Å². The first-order valence-corrected chi connectivity index (χ1v) is 7.22. The predicted octanol–water partition coefficient (Wildman–Crippen LogP) is 3.58. The van der Waals surface area contributed by atoms with E-state index in [-0.39, 0.29) is 0 Å². The number of aryl methyl sites for hydroxylation is 1. The Hall–Kier alpha value is -1.12. The third-order valence-corrected chi connectivity index (χ3v) is 3.73. The summed E-state index contributed by atoms with van der Waals surface area (Å²) < 4.78 is 0. The average Bonchev–Trinajstić information content (AvgIpc) is 2.38. The molecule has 3 heteroatoms. The number of rotatable bonds is 4. The molecule has 0 aromatic carbocycles. The van der Waals surface area contributed by atoms with E-state index in [4.69, 9.17) is 0 Å². The summed E-state index contributed by atoms with van der Waals surface area (Å²) in [6, 6.07) is 0.642. The van der Waals surface area contributed by atoms with Crippen LogP contribution in [0.2, 0.25) is 0 Å². The number of hydrogen-bond donors (Lipinski definition) is 0. The lowest BCUT2D eigenvalue weighted by Gasteiger charge is -2.36. The van der Waals surface area contributed by atoms with E-state index in [0.717, 1.165) is 24.0 Å². The molecule has 0 spiro atoms. The zero-order valence-electron chi connectivity index (χ0n) is 11.9. The zero-order valence-corrected chi connectivity index (χ0v) is 11.9. The number of piperidine rings is 1. The third kappa shape index (κ3) is 3.44. The second kappa shape index (κ2) is 6.17. The molecule has 0 N–H and O–H groups in total. The van der Waals surface area contributed by atoms with Crippen LogP contribution in [0, 0.1) is 12.8 Å². The summed E-state index contributed by atoms with van der Waals surface area (Å²) in [4.78, 5) is 11.4. The van der Waals surface area contributed by atoms with Gasteiger partial charge >= 0.3 is 0 Å². The van der Waals surface area contributed by atoms with Gasteiger partial charge in [-0.3, -0.25) is 0 Å². The number of anilines is 1. The fourth-order valence-corrected chi connectivity index (χ4v) is 2.62. The van der Waals surface area contributed by atoms with Crippen molar-refractivity contribution in [2.45, 2.75) is 58.9 Å². The molecule has 100 valence electrons. The van der Waals surface area contributed by atoms with Gasteiger partial charge in [-0.05, 0) is 50.5 Å². The second-order valence-electron chi connectivity index (χ2n) is 5.87. The van der Waals surface area contributed by atoms with Gasteiger partial charge in [-0.1, -0.05) is 13.8 Å². The summed E-state index contributed by atoms with van der Waals surface area (Å²) in [5, 5.41) is 0. The van der Waals surface area contributed by atoms with E-state index in [2.05, 4.69) is 28.7 Å². The van der Waals surface area contributed by atoms with Gasteiger partial charge in [-0.2, -0.15) is 0 Å². The minimum absolute atomic E-state index is 0.642. The van der Waals surface area contributed by atoms with Crippen LogP contribution in [-0.4, -0.2) is 22.6 Å². The van der Waals surface area contributed by atoms with Gasteiger partial charge in [0.1, 0.15) is 0 Å². The van der Waals surface area contributed by atoms with Crippen LogP contribution in [0.15, 0.2) is 12.4 Å². The van der Waals surface area contributed by atoms with Crippen molar-refractivity contribution in [1.82, 2.24) is 9.97 Å². The van der Waals surface area contributed by atoms with Crippen LogP contribution >= 0.6 is 0 Å². The monoisotopic (exact) mass is 247 g/mol. The molecule has 1 aromatic heterocycles. The lowest BCUT2D eigenvalue weighted by Crippen LogP contribution is -2.40. The Labute approximate surface area is 111 Å². The molecule has 3 nitrogen and oxygen atoms in total. The van der Waals surface area contributed by atoms with Crippen LogP contribution in [0.25, 0.3) is 0 Å². The van der Waals surface area contributed by atoms with Gasteiger partial charge in [0.05, 0.1) is 0 Å². The summed E-state index contributed by atoms with van der Waals surface area (Å²) >= 11 is 0. The second-order valence-corrected chi connectivity index (χ2v) is 5.87. The molecule has 0 amide bonds. The molecule has 2 rings (SSSR count). The molecule has 0 bridgehead atoms. The van der Waals surface area contributed by atoms with Crippen molar-refractivity contribution in [1.29, 1.82) is 0 Å². The minimum Gasteiger partial charge on any atom is -0.338 e. The molecule has 1 aromatic rings. The molecule has 0 saturated carbocycles. The predicted molar refractivity (Wildman–Crippen MR) is 75.8 cm³/mol.